The number of amides is 1. The van der Waals surface area contributed by atoms with Gasteiger partial charge in [0.25, 0.3) is 0 Å². The predicted molar refractivity (Wildman–Crippen MR) is 55.6 cm³/mol. The normalized spacial score (nSPS) is 20.6. The lowest BCUT2D eigenvalue weighted by Gasteiger charge is -2.17. The van der Waals surface area contributed by atoms with Crippen molar-refractivity contribution in [2.45, 2.75) is 26.3 Å². The maximum atomic E-state index is 11.1. The van der Waals surface area contributed by atoms with Gasteiger partial charge >= 0.3 is 0 Å². The van der Waals surface area contributed by atoms with Crippen molar-refractivity contribution >= 4 is 5.91 Å². The largest absolute Gasteiger partial charge is 0.491 e. The second-order valence-electron chi connectivity index (χ2n) is 3.84. The molecule has 1 rings (SSSR count). The first kappa shape index (κ1) is 10.8. The van der Waals surface area contributed by atoms with Crippen LogP contribution >= 0.6 is 0 Å². The summed E-state index contributed by atoms with van der Waals surface area (Å²) in [6.45, 7) is 8.26. The van der Waals surface area contributed by atoms with Crippen LogP contribution in [0.3, 0.4) is 0 Å². The molecule has 0 radical (unpaired) electrons. The van der Waals surface area contributed by atoms with E-state index in [0.717, 1.165) is 12.2 Å². The number of carbonyl (C=O) groups is 1. The van der Waals surface area contributed by atoms with Crippen molar-refractivity contribution in [3.63, 3.8) is 0 Å². The summed E-state index contributed by atoms with van der Waals surface area (Å²) in [5, 5.41) is 2.85. The zero-order chi connectivity index (χ0) is 10.6. The highest BCUT2D eigenvalue weighted by molar-refractivity contribution is 5.91. The molecule has 1 aliphatic rings. The Hall–Kier alpha value is -1.25. The molecule has 0 spiro atoms. The number of nitrogens with one attached hydrogen (secondary N) is 1. The van der Waals surface area contributed by atoms with E-state index in [1.807, 2.05) is 0 Å². The molecule has 0 aromatic carbocycles. The SMILES string of the molecule is C=CCOC1=CC(=O)N[C@H]1CC(C)C. The molecule has 1 amide bonds. The summed E-state index contributed by atoms with van der Waals surface area (Å²) in [5.41, 5.74) is 0. The van der Waals surface area contributed by atoms with Gasteiger partial charge in [0.05, 0.1) is 6.04 Å². The second kappa shape index (κ2) is 4.84. The minimum atomic E-state index is -0.0605. The van der Waals surface area contributed by atoms with E-state index in [1.165, 1.54) is 6.08 Å². The zero-order valence-electron chi connectivity index (χ0n) is 8.75. The van der Waals surface area contributed by atoms with Crippen molar-refractivity contribution < 1.29 is 9.53 Å². The molecule has 1 aliphatic heterocycles. The van der Waals surface area contributed by atoms with Gasteiger partial charge in [-0.25, -0.2) is 0 Å². The van der Waals surface area contributed by atoms with Crippen LogP contribution in [-0.4, -0.2) is 18.6 Å². The molecular formula is C11H17NO2. The Labute approximate surface area is 84.8 Å². The number of carbonyl (C=O) groups excluding carboxylic acids is 1. The van der Waals surface area contributed by atoms with Crippen molar-refractivity contribution in [2.24, 2.45) is 5.92 Å². The first-order valence-electron chi connectivity index (χ1n) is 4.89. The van der Waals surface area contributed by atoms with Gasteiger partial charge in [-0.2, -0.15) is 0 Å². The van der Waals surface area contributed by atoms with Crippen LogP contribution in [0.2, 0.25) is 0 Å². The Morgan fingerprint density at radius 3 is 3.00 bits per heavy atom. The summed E-state index contributed by atoms with van der Waals surface area (Å²) >= 11 is 0. The van der Waals surface area contributed by atoms with Gasteiger partial charge in [-0.15, -0.1) is 0 Å². The third-order valence-electron chi connectivity index (χ3n) is 2.01. The van der Waals surface area contributed by atoms with Crippen LogP contribution < -0.4 is 5.32 Å². The average molecular weight is 195 g/mol. The van der Waals surface area contributed by atoms with Crippen molar-refractivity contribution in [2.75, 3.05) is 6.61 Å². The lowest BCUT2D eigenvalue weighted by Crippen LogP contribution is -2.30. The fourth-order valence-corrected chi connectivity index (χ4v) is 1.46. The number of hydrogen-bond donors (Lipinski definition) is 1. The average Bonchev–Trinajstić information content (AvgIpc) is 2.41. The van der Waals surface area contributed by atoms with Crippen LogP contribution in [0.4, 0.5) is 0 Å². The summed E-state index contributed by atoms with van der Waals surface area (Å²) < 4.78 is 5.40. The van der Waals surface area contributed by atoms with Gasteiger partial charge in [0.1, 0.15) is 12.4 Å². The lowest BCUT2D eigenvalue weighted by molar-refractivity contribution is -0.116. The van der Waals surface area contributed by atoms with Crippen LogP contribution in [0.1, 0.15) is 20.3 Å². The highest BCUT2D eigenvalue weighted by Gasteiger charge is 2.25. The van der Waals surface area contributed by atoms with Crippen LogP contribution in [0.25, 0.3) is 0 Å². The van der Waals surface area contributed by atoms with Crippen LogP contribution in [0, 0.1) is 5.92 Å². The quantitative estimate of drug-likeness (QED) is 0.677. The number of rotatable bonds is 5. The molecule has 3 heteroatoms. The summed E-state index contributed by atoms with van der Waals surface area (Å²) in [4.78, 5) is 11.1. The van der Waals surface area contributed by atoms with Gasteiger partial charge in [-0.05, 0) is 12.3 Å². The molecule has 14 heavy (non-hydrogen) atoms. The zero-order valence-corrected chi connectivity index (χ0v) is 8.75. The predicted octanol–water partition coefficient (Wildman–Crippen LogP) is 1.62. The summed E-state index contributed by atoms with van der Waals surface area (Å²) in [6.07, 6.45) is 4.11. The Morgan fingerprint density at radius 1 is 1.71 bits per heavy atom. The van der Waals surface area contributed by atoms with Crippen molar-refractivity contribution in [3.8, 4) is 0 Å². The van der Waals surface area contributed by atoms with E-state index in [-0.39, 0.29) is 11.9 Å². The molecule has 1 N–H and O–H groups in total. The van der Waals surface area contributed by atoms with Gasteiger partial charge in [0.15, 0.2) is 0 Å². The topological polar surface area (TPSA) is 38.3 Å². The fraction of sp³-hybridized carbons (Fsp3) is 0.545. The van der Waals surface area contributed by atoms with Crippen molar-refractivity contribution in [1.82, 2.24) is 5.32 Å². The molecule has 1 heterocycles. The molecular weight excluding hydrogens is 178 g/mol. The molecule has 0 aromatic rings. The first-order chi connectivity index (χ1) is 6.63. The maximum Gasteiger partial charge on any atom is 0.248 e. The molecule has 0 fully saturated rings. The van der Waals surface area contributed by atoms with E-state index in [9.17, 15) is 4.79 Å². The minimum Gasteiger partial charge on any atom is -0.491 e. The van der Waals surface area contributed by atoms with E-state index < -0.39 is 0 Å². The van der Waals surface area contributed by atoms with Crippen LogP contribution in [-0.2, 0) is 9.53 Å². The minimum absolute atomic E-state index is 0.0439. The number of hydrogen-bond acceptors (Lipinski definition) is 2. The van der Waals surface area contributed by atoms with Crippen LogP contribution in [0.5, 0.6) is 0 Å². The van der Waals surface area contributed by atoms with Gasteiger partial charge in [-0.3, -0.25) is 4.79 Å². The Balaban J connectivity index is 2.54. The van der Waals surface area contributed by atoms with Crippen molar-refractivity contribution in [1.29, 1.82) is 0 Å². The van der Waals surface area contributed by atoms with E-state index >= 15 is 0 Å². The van der Waals surface area contributed by atoms with Crippen molar-refractivity contribution in [3.05, 3.63) is 24.5 Å². The van der Waals surface area contributed by atoms with Crippen LogP contribution in [0.15, 0.2) is 24.5 Å². The van der Waals surface area contributed by atoms with Gasteiger partial charge < -0.3 is 10.1 Å². The van der Waals surface area contributed by atoms with Gasteiger partial charge in [0.2, 0.25) is 5.91 Å². The first-order valence-corrected chi connectivity index (χ1v) is 4.89. The second-order valence-corrected chi connectivity index (χ2v) is 3.84. The van der Waals surface area contributed by atoms with E-state index in [0.29, 0.717) is 12.5 Å². The van der Waals surface area contributed by atoms with E-state index in [2.05, 4.69) is 25.7 Å². The summed E-state index contributed by atoms with van der Waals surface area (Å²) in [6, 6.07) is 0.0439. The van der Waals surface area contributed by atoms with E-state index in [1.54, 1.807) is 6.08 Å². The third-order valence-corrected chi connectivity index (χ3v) is 2.01. The van der Waals surface area contributed by atoms with Gasteiger partial charge in [0, 0.05) is 6.08 Å². The molecule has 0 aliphatic carbocycles. The van der Waals surface area contributed by atoms with E-state index in [4.69, 9.17) is 4.74 Å². The highest BCUT2D eigenvalue weighted by Crippen LogP contribution is 2.18. The Morgan fingerprint density at radius 2 is 2.43 bits per heavy atom. The molecule has 0 aromatic heterocycles. The molecule has 0 unspecified atom stereocenters. The summed E-state index contributed by atoms with van der Waals surface area (Å²) in [7, 11) is 0. The Kier molecular flexibility index (Phi) is 3.74. The molecule has 1 atom stereocenters. The maximum absolute atomic E-state index is 11.1. The molecule has 3 nitrogen and oxygen atoms in total. The number of ether oxygens (including phenoxy) is 1. The highest BCUT2D eigenvalue weighted by atomic mass is 16.5. The fourth-order valence-electron chi connectivity index (χ4n) is 1.46. The standard InChI is InChI=1S/C11H17NO2/c1-4-5-14-10-7-11(13)12-9(10)6-8(2)3/h4,7-9H,1,5-6H2,2-3H3,(H,12,13)/t9-/m0/s1. The van der Waals surface area contributed by atoms with Gasteiger partial charge in [-0.1, -0.05) is 26.5 Å². The monoisotopic (exact) mass is 195 g/mol. The molecule has 0 saturated carbocycles. The lowest BCUT2D eigenvalue weighted by atomic mass is 10.0. The smallest absolute Gasteiger partial charge is 0.248 e. The molecule has 78 valence electrons. The molecule has 0 bridgehead atoms. The molecule has 0 saturated heterocycles. The Bertz CT molecular complexity index is 256. The third kappa shape index (κ3) is 2.91. The summed E-state index contributed by atoms with van der Waals surface area (Å²) in [5.74, 6) is 1.22.